The molecule has 1 unspecified atom stereocenters. The Morgan fingerprint density at radius 2 is 1.74 bits per heavy atom. The van der Waals surface area contributed by atoms with Crippen molar-refractivity contribution in [3.05, 3.63) is 0 Å². The van der Waals surface area contributed by atoms with E-state index in [4.69, 9.17) is 26.2 Å². The lowest BCUT2D eigenvalue weighted by molar-refractivity contribution is -0.141. The van der Waals surface area contributed by atoms with E-state index < -0.39 is 18.0 Å². The predicted octanol–water partition coefficient (Wildman–Crippen LogP) is -1.07. The molecule has 0 aromatic heterocycles. The molecule has 0 saturated carbocycles. The standard InChI is InChI=1S/C8H16N4O3.C2H4O2/c1-5(13)12-6(7(14)15)3-2-4-11-8(9)10;1-2(3)4/h6H,2-4H2,1H3,(H,12,13)(H,14,15)(H4,9,10,11);1H3,(H,3,4). The molecule has 110 valence electrons. The highest BCUT2D eigenvalue weighted by Crippen LogP contribution is 1.96. The Balaban J connectivity index is 0. The smallest absolute Gasteiger partial charge is 0.326 e. The maximum atomic E-state index is 10.7. The van der Waals surface area contributed by atoms with Gasteiger partial charge in [0.1, 0.15) is 6.04 Å². The first-order valence-electron chi connectivity index (χ1n) is 5.44. The van der Waals surface area contributed by atoms with E-state index >= 15 is 0 Å². The quantitative estimate of drug-likeness (QED) is 0.204. The number of guanidine groups is 1. The second-order valence-corrected chi connectivity index (χ2v) is 3.59. The Morgan fingerprint density at radius 1 is 1.26 bits per heavy atom. The van der Waals surface area contributed by atoms with Crippen LogP contribution < -0.4 is 16.4 Å². The average molecular weight is 276 g/mol. The molecule has 0 radical (unpaired) electrons. The van der Waals surface area contributed by atoms with Gasteiger partial charge in [0, 0.05) is 20.4 Å². The summed E-state index contributed by atoms with van der Waals surface area (Å²) < 4.78 is 0. The summed E-state index contributed by atoms with van der Waals surface area (Å²) in [5, 5.41) is 27.9. The second kappa shape index (κ2) is 10.8. The van der Waals surface area contributed by atoms with Crippen molar-refractivity contribution < 1.29 is 24.6 Å². The van der Waals surface area contributed by atoms with Gasteiger partial charge in [0.2, 0.25) is 5.91 Å². The molecular weight excluding hydrogens is 256 g/mol. The number of hydrogen-bond acceptors (Lipinski definition) is 4. The number of hydrogen-bond donors (Lipinski definition) is 6. The van der Waals surface area contributed by atoms with Crippen LogP contribution in [0.25, 0.3) is 0 Å². The van der Waals surface area contributed by atoms with Crippen LogP contribution in [0.4, 0.5) is 0 Å². The number of carboxylic acids is 2. The van der Waals surface area contributed by atoms with Gasteiger partial charge < -0.3 is 26.6 Å². The zero-order valence-corrected chi connectivity index (χ0v) is 10.9. The molecule has 0 aliphatic rings. The molecule has 0 aliphatic carbocycles. The topological polar surface area (TPSA) is 166 Å². The van der Waals surface area contributed by atoms with Gasteiger partial charge >= 0.3 is 5.97 Å². The highest BCUT2D eigenvalue weighted by molar-refractivity contribution is 5.82. The van der Waals surface area contributed by atoms with Crippen LogP contribution in [-0.4, -0.2) is 46.6 Å². The molecule has 7 N–H and O–H groups in total. The monoisotopic (exact) mass is 276 g/mol. The lowest BCUT2D eigenvalue weighted by atomic mass is 10.1. The van der Waals surface area contributed by atoms with Gasteiger partial charge in [-0.2, -0.15) is 0 Å². The highest BCUT2D eigenvalue weighted by Gasteiger charge is 2.17. The number of nitrogens with two attached hydrogens (primary N) is 1. The van der Waals surface area contributed by atoms with Crippen molar-refractivity contribution in [2.45, 2.75) is 32.7 Å². The van der Waals surface area contributed by atoms with Crippen molar-refractivity contribution in [3.63, 3.8) is 0 Å². The molecule has 9 nitrogen and oxygen atoms in total. The minimum Gasteiger partial charge on any atom is -0.481 e. The molecule has 1 amide bonds. The van der Waals surface area contributed by atoms with Gasteiger partial charge in [-0.05, 0) is 12.8 Å². The summed E-state index contributed by atoms with van der Waals surface area (Å²) in [6.45, 7) is 2.77. The van der Waals surface area contributed by atoms with Crippen molar-refractivity contribution in [2.75, 3.05) is 6.54 Å². The molecule has 0 rings (SSSR count). The maximum Gasteiger partial charge on any atom is 0.326 e. The molecule has 0 bridgehead atoms. The Bertz CT molecular complexity index is 328. The highest BCUT2D eigenvalue weighted by atomic mass is 16.4. The molecule has 9 heteroatoms. The Hall–Kier alpha value is -2.32. The van der Waals surface area contributed by atoms with Gasteiger partial charge in [0.25, 0.3) is 5.97 Å². The van der Waals surface area contributed by atoms with Gasteiger partial charge in [-0.25, -0.2) is 4.79 Å². The van der Waals surface area contributed by atoms with Gasteiger partial charge in [-0.3, -0.25) is 15.0 Å². The van der Waals surface area contributed by atoms with Crippen molar-refractivity contribution in [2.24, 2.45) is 5.73 Å². The Labute approximate surface area is 110 Å². The minimum atomic E-state index is -1.06. The van der Waals surface area contributed by atoms with Gasteiger partial charge in [-0.15, -0.1) is 0 Å². The fourth-order valence-electron chi connectivity index (χ4n) is 1.03. The van der Waals surface area contributed by atoms with E-state index in [0.717, 1.165) is 6.92 Å². The third-order valence-electron chi connectivity index (χ3n) is 1.66. The number of nitrogens with one attached hydrogen (secondary N) is 3. The maximum absolute atomic E-state index is 10.7. The Morgan fingerprint density at radius 3 is 2.05 bits per heavy atom. The van der Waals surface area contributed by atoms with Crippen LogP contribution in [0.1, 0.15) is 26.7 Å². The summed E-state index contributed by atoms with van der Waals surface area (Å²) in [4.78, 5) is 30.3. The van der Waals surface area contributed by atoms with E-state index in [-0.39, 0.29) is 11.9 Å². The van der Waals surface area contributed by atoms with E-state index in [9.17, 15) is 9.59 Å². The zero-order valence-electron chi connectivity index (χ0n) is 10.9. The molecule has 0 saturated heterocycles. The van der Waals surface area contributed by atoms with Gasteiger partial charge in [-0.1, -0.05) is 0 Å². The van der Waals surface area contributed by atoms with Gasteiger partial charge in [0.15, 0.2) is 5.96 Å². The van der Waals surface area contributed by atoms with Crippen LogP contribution in [0, 0.1) is 5.41 Å². The van der Waals surface area contributed by atoms with Crippen LogP contribution in [0.2, 0.25) is 0 Å². The third-order valence-corrected chi connectivity index (χ3v) is 1.66. The number of carbonyl (C=O) groups is 3. The normalized spacial score (nSPS) is 10.4. The van der Waals surface area contributed by atoms with E-state index in [1.807, 2.05) is 0 Å². The number of aliphatic carboxylic acids is 2. The second-order valence-electron chi connectivity index (χ2n) is 3.59. The molecule has 19 heavy (non-hydrogen) atoms. The largest absolute Gasteiger partial charge is 0.481 e. The van der Waals surface area contributed by atoms with Crippen LogP contribution in [0.3, 0.4) is 0 Å². The van der Waals surface area contributed by atoms with Crippen molar-refractivity contribution >= 4 is 23.8 Å². The first kappa shape index (κ1) is 19.0. The molecule has 0 aromatic rings. The fourth-order valence-corrected chi connectivity index (χ4v) is 1.03. The van der Waals surface area contributed by atoms with E-state index in [1.165, 1.54) is 6.92 Å². The lowest BCUT2D eigenvalue weighted by Crippen LogP contribution is -2.40. The predicted molar refractivity (Wildman–Crippen MR) is 67.7 cm³/mol. The van der Waals surface area contributed by atoms with E-state index in [0.29, 0.717) is 19.4 Å². The molecule has 0 spiro atoms. The fraction of sp³-hybridized carbons (Fsp3) is 0.600. The number of rotatable bonds is 6. The average Bonchev–Trinajstić information content (AvgIpc) is 2.20. The van der Waals surface area contributed by atoms with E-state index in [2.05, 4.69) is 10.6 Å². The number of amides is 1. The molecule has 0 aromatic carbocycles. The summed E-state index contributed by atoms with van der Waals surface area (Å²) in [5.74, 6) is -2.42. The first-order chi connectivity index (χ1) is 8.66. The lowest BCUT2D eigenvalue weighted by Gasteiger charge is -2.12. The molecule has 0 aliphatic heterocycles. The Kier molecular flexibility index (Phi) is 10.8. The summed E-state index contributed by atoms with van der Waals surface area (Å²) in [5.41, 5.74) is 5.04. The summed E-state index contributed by atoms with van der Waals surface area (Å²) >= 11 is 0. The number of carbonyl (C=O) groups excluding carboxylic acids is 1. The van der Waals surface area contributed by atoms with Crippen LogP contribution in [0.5, 0.6) is 0 Å². The van der Waals surface area contributed by atoms with Crippen molar-refractivity contribution in [3.8, 4) is 0 Å². The van der Waals surface area contributed by atoms with Crippen molar-refractivity contribution in [1.82, 2.24) is 10.6 Å². The SMILES string of the molecule is CC(=O)NC(CCCNC(=N)N)C(=O)O.CC(=O)O. The number of carboxylic acid groups (broad SMARTS) is 2. The van der Waals surface area contributed by atoms with Crippen LogP contribution in [0.15, 0.2) is 0 Å². The summed E-state index contributed by atoms with van der Waals surface area (Å²) in [7, 11) is 0. The molecule has 0 fully saturated rings. The van der Waals surface area contributed by atoms with E-state index in [1.54, 1.807) is 0 Å². The van der Waals surface area contributed by atoms with Crippen LogP contribution in [-0.2, 0) is 14.4 Å². The van der Waals surface area contributed by atoms with Crippen molar-refractivity contribution in [1.29, 1.82) is 5.41 Å². The molecular formula is C10H20N4O5. The summed E-state index contributed by atoms with van der Waals surface area (Å²) in [6, 6.07) is -0.878. The third kappa shape index (κ3) is 18.3. The van der Waals surface area contributed by atoms with Gasteiger partial charge in [0.05, 0.1) is 0 Å². The minimum absolute atomic E-state index is 0.151. The molecule has 0 heterocycles. The summed E-state index contributed by atoms with van der Waals surface area (Å²) in [6.07, 6.45) is 0.812. The zero-order chi connectivity index (χ0) is 15.4. The molecule has 1 atom stereocenters. The first-order valence-corrected chi connectivity index (χ1v) is 5.44. The van der Waals surface area contributed by atoms with Crippen LogP contribution >= 0.6 is 0 Å².